The highest BCUT2D eigenvalue weighted by Gasteiger charge is 2.22. The highest BCUT2D eigenvalue weighted by Crippen LogP contribution is 2.38. The fourth-order valence-corrected chi connectivity index (χ4v) is 2.15. The number of benzene rings is 2. The summed E-state index contributed by atoms with van der Waals surface area (Å²) >= 11 is 0. The molecule has 0 saturated heterocycles. The van der Waals surface area contributed by atoms with E-state index in [9.17, 15) is 0 Å². The Morgan fingerprint density at radius 2 is 1.17 bits per heavy atom. The lowest BCUT2D eigenvalue weighted by molar-refractivity contribution is 1.04. The minimum Gasteiger partial charge on any atom is -0.399 e. The van der Waals surface area contributed by atoms with Crippen molar-refractivity contribution in [2.75, 3.05) is 11.5 Å². The number of nitrogen functional groups attached to an aromatic ring is 2. The maximum Gasteiger partial charge on any atom is 0.139 e. The number of anilines is 2. The van der Waals surface area contributed by atoms with E-state index in [0.717, 1.165) is 27.8 Å². The van der Waals surface area contributed by atoms with Gasteiger partial charge in [0.1, 0.15) is 22.1 Å². The first kappa shape index (κ1) is 9.29. The average molecular weight is 236 g/mol. The maximum atomic E-state index is 5.93. The van der Waals surface area contributed by atoms with Gasteiger partial charge in [0.15, 0.2) is 0 Å². The van der Waals surface area contributed by atoms with E-state index in [0.29, 0.717) is 16.7 Å². The first-order chi connectivity index (χ1) is 8.75. The SMILES string of the molecule is Nc1ccc(-c2c3nnc3c(N)c3nnc23)cc1. The molecule has 0 fully saturated rings. The van der Waals surface area contributed by atoms with Gasteiger partial charge in [0.25, 0.3) is 0 Å². The predicted molar refractivity (Wildman–Crippen MR) is 69.3 cm³/mol. The van der Waals surface area contributed by atoms with Crippen LogP contribution in [0.3, 0.4) is 0 Å². The lowest BCUT2D eigenvalue weighted by Gasteiger charge is -2.14. The minimum absolute atomic E-state index is 0.559. The van der Waals surface area contributed by atoms with Crippen LogP contribution in [0.15, 0.2) is 24.3 Å². The monoisotopic (exact) mass is 236 g/mol. The van der Waals surface area contributed by atoms with Crippen LogP contribution >= 0.6 is 0 Å². The fourth-order valence-electron chi connectivity index (χ4n) is 2.15. The van der Waals surface area contributed by atoms with Gasteiger partial charge in [0, 0.05) is 11.3 Å². The number of fused-ring (bicyclic) bond motifs is 2. The van der Waals surface area contributed by atoms with Crippen molar-refractivity contribution in [2.24, 2.45) is 0 Å². The molecule has 4 rings (SSSR count). The first-order valence-corrected chi connectivity index (χ1v) is 5.44. The Morgan fingerprint density at radius 1 is 0.667 bits per heavy atom. The molecule has 0 spiro atoms. The van der Waals surface area contributed by atoms with Crippen LogP contribution in [0, 0.1) is 0 Å². The lowest BCUT2D eigenvalue weighted by Crippen LogP contribution is -2.06. The van der Waals surface area contributed by atoms with Gasteiger partial charge in [-0.15, -0.1) is 20.4 Å². The zero-order valence-electron chi connectivity index (χ0n) is 9.25. The van der Waals surface area contributed by atoms with Gasteiger partial charge in [-0.1, -0.05) is 12.1 Å². The molecule has 0 aliphatic heterocycles. The van der Waals surface area contributed by atoms with Crippen molar-refractivity contribution in [1.29, 1.82) is 0 Å². The van der Waals surface area contributed by atoms with Crippen molar-refractivity contribution in [3.63, 3.8) is 0 Å². The molecule has 6 heteroatoms. The van der Waals surface area contributed by atoms with Gasteiger partial charge in [0.05, 0.1) is 5.69 Å². The van der Waals surface area contributed by atoms with E-state index in [-0.39, 0.29) is 0 Å². The van der Waals surface area contributed by atoms with Crippen molar-refractivity contribution in [1.82, 2.24) is 20.4 Å². The van der Waals surface area contributed by atoms with E-state index in [1.165, 1.54) is 0 Å². The number of nitrogens with zero attached hydrogens (tertiary/aromatic N) is 4. The van der Waals surface area contributed by atoms with Gasteiger partial charge in [-0.05, 0) is 17.7 Å². The molecule has 0 unspecified atom stereocenters. The summed E-state index contributed by atoms with van der Waals surface area (Å²) in [6.07, 6.45) is 0. The summed E-state index contributed by atoms with van der Waals surface area (Å²) in [4.78, 5) is 0. The van der Waals surface area contributed by atoms with Crippen molar-refractivity contribution in [2.45, 2.75) is 0 Å². The van der Waals surface area contributed by atoms with Crippen LogP contribution in [0.2, 0.25) is 0 Å². The van der Waals surface area contributed by atoms with Crippen LogP contribution in [-0.4, -0.2) is 20.4 Å². The normalized spacial score (nSPS) is 11.8. The summed E-state index contributed by atoms with van der Waals surface area (Å²) in [5, 5.41) is 16.0. The van der Waals surface area contributed by atoms with Gasteiger partial charge in [-0.2, -0.15) is 0 Å². The second kappa shape index (κ2) is 2.92. The molecule has 2 heterocycles. The number of hydrogen-bond donors (Lipinski definition) is 2. The van der Waals surface area contributed by atoms with Crippen LogP contribution in [0.5, 0.6) is 0 Å². The summed E-state index contributed by atoms with van der Waals surface area (Å²) in [7, 11) is 0. The molecule has 0 radical (unpaired) electrons. The average Bonchev–Trinajstić information content (AvgIpc) is 2.24. The molecule has 2 aromatic heterocycles. The molecule has 4 N–H and O–H groups in total. The lowest BCUT2D eigenvalue weighted by atomic mass is 9.99. The molecule has 0 aliphatic rings. The van der Waals surface area contributed by atoms with Crippen molar-refractivity contribution < 1.29 is 0 Å². The first-order valence-electron chi connectivity index (χ1n) is 5.44. The van der Waals surface area contributed by atoms with Gasteiger partial charge in [0.2, 0.25) is 0 Å². The summed E-state index contributed by atoms with van der Waals surface area (Å²) in [5.74, 6) is 0. The van der Waals surface area contributed by atoms with Gasteiger partial charge in [-0.3, -0.25) is 0 Å². The molecule has 0 saturated carbocycles. The second-order valence-corrected chi connectivity index (χ2v) is 4.21. The smallest absolute Gasteiger partial charge is 0.139 e. The Labute approximate surface area is 101 Å². The number of rotatable bonds is 1. The van der Waals surface area contributed by atoms with Crippen molar-refractivity contribution >= 4 is 33.4 Å². The molecule has 0 bridgehead atoms. The molecular weight excluding hydrogens is 228 g/mol. The van der Waals surface area contributed by atoms with E-state index in [2.05, 4.69) is 20.4 Å². The van der Waals surface area contributed by atoms with E-state index in [4.69, 9.17) is 11.5 Å². The summed E-state index contributed by atoms with van der Waals surface area (Å²) in [6, 6.07) is 7.55. The highest BCUT2D eigenvalue weighted by atomic mass is 15.2. The third-order valence-corrected chi connectivity index (χ3v) is 3.13. The molecule has 6 nitrogen and oxygen atoms in total. The summed E-state index contributed by atoms with van der Waals surface area (Å²) in [5.41, 5.74) is 17.8. The maximum absolute atomic E-state index is 5.93. The number of hydrogen-bond acceptors (Lipinski definition) is 6. The van der Waals surface area contributed by atoms with Gasteiger partial charge < -0.3 is 11.5 Å². The Balaban J connectivity index is 2.09. The Hall–Kier alpha value is -2.76. The molecular formula is C12H8N6. The van der Waals surface area contributed by atoms with Gasteiger partial charge >= 0.3 is 0 Å². The topological polar surface area (TPSA) is 104 Å². The second-order valence-electron chi connectivity index (χ2n) is 4.21. The van der Waals surface area contributed by atoms with Crippen molar-refractivity contribution in [3.05, 3.63) is 24.3 Å². The van der Waals surface area contributed by atoms with E-state index < -0.39 is 0 Å². The van der Waals surface area contributed by atoms with Crippen LogP contribution in [0.1, 0.15) is 0 Å². The Morgan fingerprint density at radius 3 is 1.61 bits per heavy atom. The van der Waals surface area contributed by atoms with Crippen LogP contribution in [0.4, 0.5) is 11.4 Å². The molecule has 4 aromatic rings. The molecule has 86 valence electrons. The molecule has 0 aliphatic carbocycles. The van der Waals surface area contributed by atoms with Gasteiger partial charge in [-0.25, -0.2) is 0 Å². The van der Waals surface area contributed by atoms with Crippen LogP contribution in [-0.2, 0) is 0 Å². The summed E-state index contributed by atoms with van der Waals surface area (Å²) in [6.45, 7) is 0. The fraction of sp³-hybridized carbons (Fsp3) is 0. The van der Waals surface area contributed by atoms with E-state index >= 15 is 0 Å². The third kappa shape index (κ3) is 0.969. The molecule has 0 amide bonds. The van der Waals surface area contributed by atoms with Crippen LogP contribution in [0.25, 0.3) is 33.2 Å². The van der Waals surface area contributed by atoms with E-state index in [1.54, 1.807) is 0 Å². The zero-order valence-corrected chi connectivity index (χ0v) is 9.25. The third-order valence-electron chi connectivity index (χ3n) is 3.13. The molecule has 2 aromatic carbocycles. The zero-order chi connectivity index (χ0) is 12.3. The quantitative estimate of drug-likeness (QED) is 0.482. The minimum atomic E-state index is 0.559. The molecule has 18 heavy (non-hydrogen) atoms. The number of aromatic nitrogens is 4. The number of nitrogens with two attached hydrogens (primary N) is 2. The predicted octanol–water partition coefficient (Wildman–Crippen LogP) is 1.28. The highest BCUT2D eigenvalue weighted by molar-refractivity contribution is 6.16. The largest absolute Gasteiger partial charge is 0.399 e. The Kier molecular flexibility index (Phi) is 1.51. The van der Waals surface area contributed by atoms with E-state index in [1.807, 2.05) is 24.3 Å². The van der Waals surface area contributed by atoms with Crippen molar-refractivity contribution in [3.8, 4) is 11.1 Å². The van der Waals surface area contributed by atoms with Crippen LogP contribution < -0.4 is 11.5 Å². The molecule has 0 atom stereocenters. The summed E-state index contributed by atoms with van der Waals surface area (Å²) < 4.78 is 0. The standard InChI is InChI=1S/C12H8N6/c13-6-3-1-5(2-4-6)7-9-11(17-15-9)8(14)12-10(7)16-18-12/h1-4H,13-14H2. The Bertz CT molecular complexity index is 792.